The molecular formula is C15H23BO4. The average Bonchev–Trinajstić information content (AvgIpc) is 2.77. The summed E-state index contributed by atoms with van der Waals surface area (Å²) < 4.78 is 22.4. The zero-order chi connectivity index (χ0) is 14.5. The first kappa shape index (κ1) is 15.5. The third-order valence-corrected chi connectivity index (χ3v) is 3.72. The van der Waals surface area contributed by atoms with E-state index in [1.807, 2.05) is 24.3 Å². The van der Waals surface area contributed by atoms with Gasteiger partial charge in [-0.05, 0) is 24.9 Å². The van der Waals surface area contributed by atoms with Crippen molar-refractivity contribution in [3.05, 3.63) is 29.8 Å². The van der Waals surface area contributed by atoms with Crippen molar-refractivity contribution in [3.8, 4) is 0 Å². The van der Waals surface area contributed by atoms with Crippen molar-refractivity contribution in [1.82, 2.24) is 0 Å². The molecule has 4 nitrogen and oxygen atoms in total. The lowest BCUT2D eigenvalue weighted by atomic mass is 9.76. The van der Waals surface area contributed by atoms with Crippen LogP contribution in [-0.4, -0.2) is 39.6 Å². The standard InChI is InChI=1S/C15H23BO4/c1-11-9-15(12(2)20-11)19-10-13-7-5-6-8-14(13)16(17-3)18-4/h5-8,11-12,15H,9-10H2,1-4H3/t11-,12+,15+/m0/s1. The molecule has 0 amide bonds. The second-order valence-corrected chi connectivity index (χ2v) is 5.24. The van der Waals surface area contributed by atoms with Gasteiger partial charge in [0.05, 0.1) is 24.9 Å². The van der Waals surface area contributed by atoms with Crippen LogP contribution in [0, 0.1) is 0 Å². The van der Waals surface area contributed by atoms with Crippen LogP contribution in [-0.2, 0) is 25.4 Å². The van der Waals surface area contributed by atoms with Gasteiger partial charge in [-0.1, -0.05) is 24.3 Å². The second kappa shape index (κ2) is 7.22. The third-order valence-electron chi connectivity index (χ3n) is 3.72. The topological polar surface area (TPSA) is 36.9 Å². The Hall–Kier alpha value is -0.875. The molecule has 1 aliphatic rings. The highest BCUT2D eigenvalue weighted by molar-refractivity contribution is 6.61. The molecule has 0 N–H and O–H groups in total. The van der Waals surface area contributed by atoms with Crippen LogP contribution in [0.5, 0.6) is 0 Å². The lowest BCUT2D eigenvalue weighted by molar-refractivity contribution is -0.0171. The third kappa shape index (κ3) is 3.61. The highest BCUT2D eigenvalue weighted by atomic mass is 16.6. The van der Waals surface area contributed by atoms with E-state index in [0.29, 0.717) is 6.61 Å². The van der Waals surface area contributed by atoms with Gasteiger partial charge >= 0.3 is 7.12 Å². The molecule has 0 radical (unpaired) electrons. The first-order valence-electron chi connectivity index (χ1n) is 7.06. The summed E-state index contributed by atoms with van der Waals surface area (Å²) in [5, 5.41) is 0. The predicted octanol–water partition coefficient (Wildman–Crippen LogP) is 1.76. The number of rotatable bonds is 6. The van der Waals surface area contributed by atoms with Gasteiger partial charge in [0, 0.05) is 20.6 Å². The van der Waals surface area contributed by atoms with Crippen molar-refractivity contribution in [2.75, 3.05) is 14.2 Å². The highest BCUT2D eigenvalue weighted by Gasteiger charge is 2.30. The lowest BCUT2D eigenvalue weighted by Gasteiger charge is -2.18. The van der Waals surface area contributed by atoms with Crippen LogP contribution >= 0.6 is 0 Å². The fourth-order valence-corrected chi connectivity index (χ4v) is 2.67. The average molecular weight is 278 g/mol. The van der Waals surface area contributed by atoms with Crippen LogP contribution in [0.15, 0.2) is 24.3 Å². The predicted molar refractivity (Wildman–Crippen MR) is 79.1 cm³/mol. The van der Waals surface area contributed by atoms with Gasteiger partial charge in [0.2, 0.25) is 0 Å². The Kier molecular flexibility index (Phi) is 5.60. The molecule has 0 bridgehead atoms. The summed E-state index contributed by atoms with van der Waals surface area (Å²) in [4.78, 5) is 0. The maximum Gasteiger partial charge on any atom is 0.493 e. The van der Waals surface area contributed by atoms with Gasteiger partial charge in [-0.3, -0.25) is 0 Å². The first-order chi connectivity index (χ1) is 9.65. The molecule has 0 spiro atoms. The van der Waals surface area contributed by atoms with E-state index in [-0.39, 0.29) is 25.4 Å². The summed E-state index contributed by atoms with van der Waals surface area (Å²) in [5.41, 5.74) is 2.10. The number of hydrogen-bond acceptors (Lipinski definition) is 4. The minimum atomic E-state index is -0.356. The van der Waals surface area contributed by atoms with Gasteiger partial charge in [-0.2, -0.15) is 0 Å². The molecule has 3 atom stereocenters. The zero-order valence-electron chi connectivity index (χ0n) is 12.7. The Morgan fingerprint density at radius 3 is 2.50 bits per heavy atom. The van der Waals surface area contributed by atoms with Gasteiger partial charge in [0.25, 0.3) is 0 Å². The summed E-state index contributed by atoms with van der Waals surface area (Å²) >= 11 is 0. The molecule has 0 saturated carbocycles. The van der Waals surface area contributed by atoms with E-state index in [1.54, 1.807) is 14.2 Å². The maximum atomic E-state index is 6.02. The van der Waals surface area contributed by atoms with E-state index in [4.69, 9.17) is 18.8 Å². The van der Waals surface area contributed by atoms with E-state index in [0.717, 1.165) is 17.4 Å². The molecular weight excluding hydrogens is 255 g/mol. The quantitative estimate of drug-likeness (QED) is 0.743. The van der Waals surface area contributed by atoms with E-state index in [2.05, 4.69) is 13.8 Å². The van der Waals surface area contributed by atoms with Crippen molar-refractivity contribution >= 4 is 12.6 Å². The van der Waals surface area contributed by atoms with Gasteiger partial charge < -0.3 is 18.8 Å². The monoisotopic (exact) mass is 278 g/mol. The molecule has 1 fully saturated rings. The van der Waals surface area contributed by atoms with E-state index < -0.39 is 0 Å². The van der Waals surface area contributed by atoms with E-state index in [1.165, 1.54) is 0 Å². The molecule has 0 aliphatic carbocycles. The molecule has 0 aromatic heterocycles. The maximum absolute atomic E-state index is 6.02. The molecule has 0 unspecified atom stereocenters. The van der Waals surface area contributed by atoms with Crippen LogP contribution in [0.4, 0.5) is 0 Å². The minimum Gasteiger partial charge on any atom is -0.410 e. The summed E-state index contributed by atoms with van der Waals surface area (Å²) in [6, 6.07) is 8.03. The molecule has 20 heavy (non-hydrogen) atoms. The molecule has 1 aromatic rings. The molecule has 1 aliphatic heterocycles. The SMILES string of the molecule is COB(OC)c1ccccc1CO[C@@H]1C[C@H](C)O[C@@H]1C. The van der Waals surface area contributed by atoms with Crippen molar-refractivity contribution in [2.24, 2.45) is 0 Å². The summed E-state index contributed by atoms with van der Waals surface area (Å²) in [6.07, 6.45) is 1.52. The number of hydrogen-bond donors (Lipinski definition) is 0. The molecule has 110 valence electrons. The fourth-order valence-electron chi connectivity index (χ4n) is 2.67. The Balaban J connectivity index is 2.02. The van der Waals surface area contributed by atoms with Crippen LogP contribution < -0.4 is 5.46 Å². The molecule has 5 heteroatoms. The number of ether oxygens (including phenoxy) is 2. The summed E-state index contributed by atoms with van der Waals surface area (Å²) in [6.45, 7) is 4.69. The van der Waals surface area contributed by atoms with Crippen LogP contribution in [0.25, 0.3) is 0 Å². The van der Waals surface area contributed by atoms with Gasteiger partial charge in [0.15, 0.2) is 0 Å². The summed E-state index contributed by atoms with van der Waals surface area (Å²) in [7, 11) is 2.92. The van der Waals surface area contributed by atoms with Crippen molar-refractivity contribution in [2.45, 2.75) is 45.2 Å². The van der Waals surface area contributed by atoms with Crippen molar-refractivity contribution in [1.29, 1.82) is 0 Å². The Morgan fingerprint density at radius 2 is 1.90 bits per heavy atom. The van der Waals surface area contributed by atoms with E-state index >= 15 is 0 Å². The minimum absolute atomic E-state index is 0.151. The van der Waals surface area contributed by atoms with Gasteiger partial charge in [-0.25, -0.2) is 0 Å². The zero-order valence-corrected chi connectivity index (χ0v) is 12.7. The molecule has 1 heterocycles. The smallest absolute Gasteiger partial charge is 0.410 e. The van der Waals surface area contributed by atoms with Gasteiger partial charge in [-0.15, -0.1) is 0 Å². The van der Waals surface area contributed by atoms with Crippen LogP contribution in [0.2, 0.25) is 0 Å². The Bertz CT molecular complexity index is 422. The van der Waals surface area contributed by atoms with E-state index in [9.17, 15) is 0 Å². The largest absolute Gasteiger partial charge is 0.493 e. The highest BCUT2D eigenvalue weighted by Crippen LogP contribution is 2.23. The molecule has 2 rings (SSSR count). The first-order valence-corrected chi connectivity index (χ1v) is 7.06. The Morgan fingerprint density at radius 1 is 1.20 bits per heavy atom. The van der Waals surface area contributed by atoms with Crippen LogP contribution in [0.3, 0.4) is 0 Å². The normalized spacial score (nSPS) is 25.9. The van der Waals surface area contributed by atoms with Crippen molar-refractivity contribution in [3.63, 3.8) is 0 Å². The van der Waals surface area contributed by atoms with Gasteiger partial charge in [0.1, 0.15) is 0 Å². The van der Waals surface area contributed by atoms with Crippen molar-refractivity contribution < 1.29 is 18.8 Å². The second-order valence-electron chi connectivity index (χ2n) is 5.24. The fraction of sp³-hybridized carbons (Fsp3) is 0.600. The Labute approximate surface area is 121 Å². The molecule has 1 saturated heterocycles. The summed E-state index contributed by atoms with van der Waals surface area (Å²) in [5.74, 6) is 0. The molecule has 1 aromatic carbocycles. The number of benzene rings is 1. The van der Waals surface area contributed by atoms with Crippen LogP contribution in [0.1, 0.15) is 25.8 Å². The lowest BCUT2D eigenvalue weighted by Crippen LogP contribution is -2.37.